The molecule has 0 bridgehead atoms. The number of anilines is 1. The fourth-order valence-electron chi connectivity index (χ4n) is 3.48. The Kier molecular flexibility index (Phi) is 4.10. The second-order valence-corrected chi connectivity index (χ2v) is 7.31. The van der Waals surface area contributed by atoms with Crippen LogP contribution in [0.15, 0.2) is 24.5 Å². The van der Waals surface area contributed by atoms with Crippen LogP contribution in [-0.4, -0.2) is 45.9 Å². The molecule has 9 heteroatoms. The average molecular weight is 393 g/mol. The van der Waals surface area contributed by atoms with E-state index in [1.54, 1.807) is 12.4 Å². The maximum atomic E-state index is 14.5. The minimum Gasteiger partial charge on any atom is -0.328 e. The summed E-state index contributed by atoms with van der Waals surface area (Å²) < 4.78 is 28.7. The Morgan fingerprint density at radius 1 is 1.41 bits per heavy atom. The number of aryl methyl sites for hydroxylation is 1. The number of benzene rings is 1. The van der Waals surface area contributed by atoms with Crippen molar-refractivity contribution in [3.8, 4) is 0 Å². The number of rotatable bonds is 3. The number of carbonyl (C=O) groups excluding carboxylic acids is 2. The smallest absolute Gasteiger partial charge is 0.254 e. The summed E-state index contributed by atoms with van der Waals surface area (Å²) in [4.78, 5) is 34.2. The van der Waals surface area contributed by atoms with E-state index in [2.05, 4.69) is 15.3 Å². The summed E-state index contributed by atoms with van der Waals surface area (Å²) in [6, 6.07) is 2.64. The van der Waals surface area contributed by atoms with Crippen LogP contribution in [0, 0.1) is 12.7 Å². The number of alkyl halides is 1. The van der Waals surface area contributed by atoms with Gasteiger partial charge in [-0.1, -0.05) is 11.6 Å². The molecule has 2 aliphatic rings. The minimum absolute atomic E-state index is 0.0195. The van der Waals surface area contributed by atoms with Crippen molar-refractivity contribution in [2.75, 3.05) is 18.4 Å². The quantitative estimate of drug-likeness (QED) is 0.871. The van der Waals surface area contributed by atoms with E-state index in [0.29, 0.717) is 0 Å². The molecule has 2 atom stereocenters. The maximum absolute atomic E-state index is 14.5. The molecule has 0 saturated heterocycles. The normalized spacial score (nSPS) is 23.3. The molecule has 0 radical (unpaired) electrons. The molecule has 2 amide bonds. The van der Waals surface area contributed by atoms with E-state index in [-0.39, 0.29) is 41.6 Å². The lowest BCUT2D eigenvalue weighted by Gasteiger charge is -2.34. The van der Waals surface area contributed by atoms with Crippen LogP contribution in [0.3, 0.4) is 0 Å². The molecule has 0 unspecified atom stereocenters. The van der Waals surface area contributed by atoms with Gasteiger partial charge in [-0.3, -0.25) is 14.9 Å². The maximum Gasteiger partial charge on any atom is 0.254 e. The summed E-state index contributed by atoms with van der Waals surface area (Å²) >= 11 is 5.82. The number of halogens is 3. The van der Waals surface area contributed by atoms with Gasteiger partial charge in [0.25, 0.3) is 5.91 Å². The van der Waals surface area contributed by atoms with Gasteiger partial charge in [0.1, 0.15) is 18.5 Å². The lowest BCUT2D eigenvalue weighted by Crippen LogP contribution is -2.48. The highest BCUT2D eigenvalue weighted by molar-refractivity contribution is 6.31. The molecule has 1 aliphatic carbocycles. The van der Waals surface area contributed by atoms with E-state index in [1.807, 2.05) is 6.92 Å². The molecule has 1 N–H and O–H groups in total. The lowest BCUT2D eigenvalue weighted by atomic mass is 9.85. The largest absolute Gasteiger partial charge is 0.328 e. The van der Waals surface area contributed by atoms with Crippen molar-refractivity contribution in [1.82, 2.24) is 14.9 Å². The second-order valence-electron chi connectivity index (χ2n) is 6.91. The predicted molar refractivity (Wildman–Crippen MR) is 93.9 cm³/mol. The molecule has 27 heavy (non-hydrogen) atoms. The van der Waals surface area contributed by atoms with Crippen molar-refractivity contribution in [3.63, 3.8) is 0 Å². The van der Waals surface area contributed by atoms with Crippen LogP contribution in [0.4, 0.5) is 14.7 Å². The molecule has 1 aromatic carbocycles. The van der Waals surface area contributed by atoms with Crippen molar-refractivity contribution < 1.29 is 18.4 Å². The highest BCUT2D eigenvalue weighted by Gasteiger charge is 2.62. The highest BCUT2D eigenvalue weighted by atomic mass is 35.5. The third-order valence-electron chi connectivity index (χ3n) is 4.93. The van der Waals surface area contributed by atoms with Gasteiger partial charge in [-0.25, -0.2) is 18.7 Å². The van der Waals surface area contributed by atoms with Crippen molar-refractivity contribution in [2.24, 2.45) is 0 Å². The molecule has 1 saturated carbocycles. The van der Waals surface area contributed by atoms with Gasteiger partial charge in [-0.2, -0.15) is 0 Å². The molecule has 1 spiro atoms. The van der Waals surface area contributed by atoms with Crippen LogP contribution in [0.1, 0.15) is 27.9 Å². The summed E-state index contributed by atoms with van der Waals surface area (Å²) in [5.41, 5.74) is -0.242. The first-order valence-corrected chi connectivity index (χ1v) is 8.70. The number of aromatic nitrogens is 2. The van der Waals surface area contributed by atoms with E-state index in [4.69, 9.17) is 11.6 Å². The molecular formula is C18H15ClF2N4O2. The molecule has 1 fully saturated rings. The average Bonchev–Trinajstić information content (AvgIpc) is 3.26. The number of fused-ring (bicyclic) bond motifs is 2. The first kappa shape index (κ1) is 17.8. The van der Waals surface area contributed by atoms with Gasteiger partial charge in [0, 0.05) is 30.1 Å². The monoisotopic (exact) mass is 392 g/mol. The summed E-state index contributed by atoms with van der Waals surface area (Å²) in [6.07, 6.45) is 1.89. The van der Waals surface area contributed by atoms with Crippen LogP contribution < -0.4 is 5.32 Å². The van der Waals surface area contributed by atoms with Gasteiger partial charge in [-0.15, -0.1) is 0 Å². The summed E-state index contributed by atoms with van der Waals surface area (Å²) in [5, 5.41) is 2.35. The number of hydrogen-bond acceptors (Lipinski definition) is 4. The van der Waals surface area contributed by atoms with E-state index >= 15 is 0 Å². The molecule has 2 heterocycles. The third-order valence-corrected chi connectivity index (χ3v) is 5.22. The SMILES string of the molecule is Cc1cnc(NC(=O)CN2C[C@]3(C[C@H]3F)c3c(ccc(Cl)c3F)C2=O)nc1. The Labute approximate surface area is 158 Å². The molecule has 6 nitrogen and oxygen atoms in total. The van der Waals surface area contributed by atoms with Crippen LogP contribution in [0.5, 0.6) is 0 Å². The minimum atomic E-state index is -1.29. The van der Waals surface area contributed by atoms with Gasteiger partial charge in [-0.05, 0) is 31.0 Å². The number of carbonyl (C=O) groups is 2. The topological polar surface area (TPSA) is 75.2 Å². The molecule has 1 aromatic heterocycles. The zero-order valence-electron chi connectivity index (χ0n) is 14.3. The summed E-state index contributed by atoms with van der Waals surface area (Å²) in [6.45, 7) is 1.41. The van der Waals surface area contributed by atoms with Gasteiger partial charge in [0.15, 0.2) is 0 Å². The Morgan fingerprint density at radius 2 is 2.07 bits per heavy atom. The van der Waals surface area contributed by atoms with Crippen molar-refractivity contribution in [1.29, 1.82) is 0 Å². The fraction of sp³-hybridized carbons (Fsp3) is 0.333. The van der Waals surface area contributed by atoms with Crippen LogP contribution in [-0.2, 0) is 10.2 Å². The Morgan fingerprint density at radius 3 is 2.70 bits per heavy atom. The van der Waals surface area contributed by atoms with E-state index in [9.17, 15) is 18.4 Å². The van der Waals surface area contributed by atoms with E-state index < -0.39 is 29.2 Å². The zero-order chi connectivity index (χ0) is 19.3. The summed E-state index contributed by atoms with van der Waals surface area (Å²) in [7, 11) is 0. The number of nitrogens with zero attached hydrogens (tertiary/aromatic N) is 3. The van der Waals surface area contributed by atoms with Gasteiger partial charge in [0.2, 0.25) is 11.9 Å². The van der Waals surface area contributed by atoms with Crippen molar-refractivity contribution in [2.45, 2.75) is 24.9 Å². The number of nitrogens with one attached hydrogen (secondary N) is 1. The Bertz CT molecular complexity index is 953. The van der Waals surface area contributed by atoms with E-state index in [1.165, 1.54) is 17.0 Å². The Hall–Kier alpha value is -2.61. The highest BCUT2D eigenvalue weighted by Crippen LogP contribution is 2.55. The van der Waals surface area contributed by atoms with Crippen LogP contribution >= 0.6 is 11.6 Å². The molecule has 4 rings (SSSR count). The third kappa shape index (κ3) is 2.93. The fourth-order valence-corrected chi connectivity index (χ4v) is 3.64. The standard InChI is InChI=1S/C18H15ClF2N4O2/c1-9-5-22-17(23-6-9)24-13(26)7-25-8-18(4-12(18)20)14-10(16(25)27)2-3-11(19)15(14)21/h2-3,5-6,12H,4,7-8H2,1H3,(H,22,23,24,26)/t12-,18+/m1/s1. The predicted octanol–water partition coefficient (Wildman–Crippen LogP) is 2.65. The Balaban J connectivity index is 1.58. The first-order chi connectivity index (χ1) is 12.8. The number of amides is 2. The summed E-state index contributed by atoms with van der Waals surface area (Å²) in [5.74, 6) is -1.71. The first-order valence-electron chi connectivity index (χ1n) is 8.32. The second kappa shape index (κ2) is 6.23. The van der Waals surface area contributed by atoms with Crippen molar-refractivity contribution >= 4 is 29.4 Å². The van der Waals surface area contributed by atoms with Crippen LogP contribution in [0.2, 0.25) is 5.02 Å². The van der Waals surface area contributed by atoms with Gasteiger partial charge >= 0.3 is 0 Å². The lowest BCUT2D eigenvalue weighted by molar-refractivity contribution is -0.117. The molecule has 2 aromatic rings. The van der Waals surface area contributed by atoms with Crippen molar-refractivity contribution in [3.05, 3.63) is 52.1 Å². The van der Waals surface area contributed by atoms with Gasteiger partial charge in [0.05, 0.1) is 10.4 Å². The molecule has 1 aliphatic heterocycles. The molecular weight excluding hydrogens is 378 g/mol. The van der Waals surface area contributed by atoms with E-state index in [0.717, 1.165) is 5.56 Å². The van der Waals surface area contributed by atoms with Gasteiger partial charge < -0.3 is 4.90 Å². The number of hydrogen-bond donors (Lipinski definition) is 1. The zero-order valence-corrected chi connectivity index (χ0v) is 15.1. The van der Waals surface area contributed by atoms with Crippen LogP contribution in [0.25, 0.3) is 0 Å². The molecule has 140 valence electrons.